The van der Waals surface area contributed by atoms with E-state index in [0.717, 1.165) is 16.1 Å². The summed E-state index contributed by atoms with van der Waals surface area (Å²) in [5.41, 5.74) is 7.44. The van der Waals surface area contributed by atoms with E-state index in [9.17, 15) is 9.59 Å². The van der Waals surface area contributed by atoms with E-state index in [1.807, 2.05) is 25.1 Å². The molecule has 19 heavy (non-hydrogen) atoms. The van der Waals surface area contributed by atoms with Crippen LogP contribution >= 0.6 is 11.8 Å². The molecule has 0 heterocycles. The average Bonchev–Trinajstić information content (AvgIpc) is 2.34. The number of anilines is 1. The number of carbonyl (C=O) groups excluding carboxylic acids is 2. The van der Waals surface area contributed by atoms with Gasteiger partial charge in [0.05, 0.1) is 5.25 Å². The van der Waals surface area contributed by atoms with E-state index >= 15 is 0 Å². The number of amides is 3. The van der Waals surface area contributed by atoms with Crippen LogP contribution < -0.4 is 16.4 Å². The molecule has 1 atom stereocenters. The summed E-state index contributed by atoms with van der Waals surface area (Å²) in [6, 6.07) is 5.14. The van der Waals surface area contributed by atoms with Crippen molar-refractivity contribution in [1.29, 1.82) is 0 Å². The van der Waals surface area contributed by atoms with Crippen molar-refractivity contribution in [1.82, 2.24) is 10.6 Å². The van der Waals surface area contributed by atoms with Crippen LogP contribution in [0.1, 0.15) is 19.4 Å². The van der Waals surface area contributed by atoms with Crippen LogP contribution in [0.3, 0.4) is 0 Å². The first-order valence-corrected chi connectivity index (χ1v) is 6.93. The third-order valence-corrected chi connectivity index (χ3v) is 3.59. The summed E-state index contributed by atoms with van der Waals surface area (Å²) in [4.78, 5) is 24.0. The van der Waals surface area contributed by atoms with Crippen LogP contribution in [0.5, 0.6) is 0 Å². The van der Waals surface area contributed by atoms with Gasteiger partial charge in [0, 0.05) is 17.1 Å². The summed E-state index contributed by atoms with van der Waals surface area (Å²) >= 11 is 1.39. The maximum absolute atomic E-state index is 11.8. The highest BCUT2D eigenvalue weighted by Crippen LogP contribution is 2.26. The van der Waals surface area contributed by atoms with Crippen molar-refractivity contribution >= 4 is 29.4 Å². The summed E-state index contributed by atoms with van der Waals surface area (Å²) < 4.78 is 0. The molecule has 0 aliphatic heterocycles. The highest BCUT2D eigenvalue weighted by molar-refractivity contribution is 8.00. The molecule has 0 aliphatic carbocycles. The molecule has 0 saturated heterocycles. The second kappa shape index (κ2) is 7.04. The van der Waals surface area contributed by atoms with Gasteiger partial charge in [-0.3, -0.25) is 10.1 Å². The number of nitrogens with one attached hydrogen (secondary N) is 2. The zero-order chi connectivity index (χ0) is 14.4. The lowest BCUT2D eigenvalue weighted by molar-refractivity contribution is -0.119. The molecule has 3 amide bonds. The van der Waals surface area contributed by atoms with Gasteiger partial charge >= 0.3 is 6.03 Å². The van der Waals surface area contributed by atoms with Gasteiger partial charge in [-0.15, -0.1) is 11.8 Å². The van der Waals surface area contributed by atoms with Crippen molar-refractivity contribution in [3.05, 3.63) is 23.8 Å². The predicted octanol–water partition coefficient (Wildman–Crippen LogP) is 1.90. The number of rotatable bonds is 4. The number of hydrogen-bond donors (Lipinski definition) is 3. The number of hydrogen-bond acceptors (Lipinski definition) is 4. The summed E-state index contributed by atoms with van der Waals surface area (Å²) in [6.45, 7) is 5.95. The third-order valence-electron chi connectivity index (χ3n) is 2.50. The fourth-order valence-corrected chi connectivity index (χ4v) is 2.36. The van der Waals surface area contributed by atoms with Crippen molar-refractivity contribution in [2.24, 2.45) is 0 Å². The SMILES string of the molecule is CCNC(=O)NC(=O)C(C)Sc1ccc(N)c(C)c1. The predicted molar refractivity (Wildman–Crippen MR) is 78.1 cm³/mol. The van der Waals surface area contributed by atoms with Gasteiger partial charge in [-0.2, -0.15) is 0 Å². The van der Waals surface area contributed by atoms with Gasteiger partial charge in [0.15, 0.2) is 0 Å². The minimum atomic E-state index is -0.464. The zero-order valence-corrected chi connectivity index (χ0v) is 12.1. The number of imide groups is 1. The largest absolute Gasteiger partial charge is 0.399 e. The van der Waals surface area contributed by atoms with Crippen molar-refractivity contribution in [3.8, 4) is 0 Å². The normalized spacial score (nSPS) is 11.7. The van der Waals surface area contributed by atoms with Gasteiger partial charge in [-0.25, -0.2) is 4.79 Å². The van der Waals surface area contributed by atoms with Crippen LogP contribution in [-0.4, -0.2) is 23.7 Å². The molecule has 0 saturated carbocycles. The first-order chi connectivity index (χ1) is 8.93. The molecular formula is C13H19N3O2S. The van der Waals surface area contributed by atoms with Crippen LogP contribution in [0.25, 0.3) is 0 Å². The molecule has 0 spiro atoms. The number of urea groups is 1. The minimum absolute atomic E-state index is 0.314. The molecule has 104 valence electrons. The smallest absolute Gasteiger partial charge is 0.321 e. The van der Waals surface area contributed by atoms with E-state index in [-0.39, 0.29) is 11.2 Å². The number of benzene rings is 1. The Balaban J connectivity index is 2.58. The Morgan fingerprint density at radius 3 is 2.68 bits per heavy atom. The molecule has 0 aliphatic rings. The Bertz CT molecular complexity index is 477. The quantitative estimate of drug-likeness (QED) is 0.581. The monoisotopic (exact) mass is 281 g/mol. The number of aryl methyl sites for hydroxylation is 1. The van der Waals surface area contributed by atoms with Crippen LogP contribution in [0.4, 0.5) is 10.5 Å². The molecule has 0 aromatic heterocycles. The molecule has 1 rings (SSSR count). The third kappa shape index (κ3) is 4.82. The number of nitrogens with two attached hydrogens (primary N) is 1. The Kier molecular flexibility index (Phi) is 5.69. The second-order valence-corrected chi connectivity index (χ2v) is 5.54. The van der Waals surface area contributed by atoms with Crippen LogP contribution in [-0.2, 0) is 4.79 Å². The summed E-state index contributed by atoms with van der Waals surface area (Å²) in [7, 11) is 0. The maximum atomic E-state index is 11.8. The van der Waals surface area contributed by atoms with Crippen molar-refractivity contribution in [2.75, 3.05) is 12.3 Å². The molecular weight excluding hydrogens is 262 g/mol. The van der Waals surface area contributed by atoms with Gasteiger partial charge in [-0.1, -0.05) is 0 Å². The van der Waals surface area contributed by atoms with Crippen LogP contribution in [0.15, 0.2) is 23.1 Å². The Labute approximate surface area is 117 Å². The van der Waals surface area contributed by atoms with Gasteiger partial charge < -0.3 is 11.1 Å². The van der Waals surface area contributed by atoms with E-state index in [1.165, 1.54) is 11.8 Å². The zero-order valence-electron chi connectivity index (χ0n) is 11.3. The molecule has 1 unspecified atom stereocenters. The summed E-state index contributed by atoms with van der Waals surface area (Å²) in [5, 5.41) is 4.45. The van der Waals surface area contributed by atoms with Gasteiger partial charge in [-0.05, 0) is 44.5 Å². The van der Waals surface area contributed by atoms with Crippen molar-refractivity contribution < 1.29 is 9.59 Å². The fraction of sp³-hybridized carbons (Fsp3) is 0.385. The molecule has 6 heteroatoms. The highest BCUT2D eigenvalue weighted by Gasteiger charge is 2.16. The minimum Gasteiger partial charge on any atom is -0.399 e. The lowest BCUT2D eigenvalue weighted by Gasteiger charge is -2.12. The lowest BCUT2D eigenvalue weighted by atomic mass is 10.2. The average molecular weight is 281 g/mol. The van der Waals surface area contributed by atoms with Crippen LogP contribution in [0.2, 0.25) is 0 Å². The van der Waals surface area contributed by atoms with E-state index in [0.29, 0.717) is 6.54 Å². The van der Waals surface area contributed by atoms with E-state index in [2.05, 4.69) is 10.6 Å². The first-order valence-electron chi connectivity index (χ1n) is 6.05. The molecule has 0 bridgehead atoms. The van der Waals surface area contributed by atoms with Crippen molar-refractivity contribution in [3.63, 3.8) is 0 Å². The topological polar surface area (TPSA) is 84.2 Å². The maximum Gasteiger partial charge on any atom is 0.321 e. The van der Waals surface area contributed by atoms with Gasteiger partial charge in [0.1, 0.15) is 0 Å². The molecule has 4 N–H and O–H groups in total. The molecule has 1 aromatic carbocycles. The van der Waals surface area contributed by atoms with Gasteiger partial charge in [0.25, 0.3) is 0 Å². The van der Waals surface area contributed by atoms with Crippen molar-refractivity contribution in [2.45, 2.75) is 30.9 Å². The lowest BCUT2D eigenvalue weighted by Crippen LogP contribution is -2.42. The molecule has 5 nitrogen and oxygen atoms in total. The first kappa shape index (κ1) is 15.4. The van der Waals surface area contributed by atoms with Crippen LogP contribution in [0, 0.1) is 6.92 Å². The molecule has 1 aromatic rings. The fourth-order valence-electron chi connectivity index (χ4n) is 1.40. The second-order valence-electron chi connectivity index (χ2n) is 4.13. The van der Waals surface area contributed by atoms with E-state index in [1.54, 1.807) is 13.8 Å². The summed E-state index contributed by atoms with van der Waals surface area (Å²) in [5.74, 6) is -0.314. The number of thioether (sulfide) groups is 1. The molecule has 0 fully saturated rings. The number of carbonyl (C=O) groups is 2. The Morgan fingerprint density at radius 2 is 2.11 bits per heavy atom. The number of nitrogen functional groups attached to an aromatic ring is 1. The Morgan fingerprint density at radius 1 is 1.42 bits per heavy atom. The van der Waals surface area contributed by atoms with E-state index < -0.39 is 6.03 Å². The molecule has 0 radical (unpaired) electrons. The van der Waals surface area contributed by atoms with Gasteiger partial charge in [0.2, 0.25) is 5.91 Å². The highest BCUT2D eigenvalue weighted by atomic mass is 32.2. The van der Waals surface area contributed by atoms with E-state index in [4.69, 9.17) is 5.73 Å². The Hall–Kier alpha value is -1.69. The standard InChI is InChI=1S/C13H19N3O2S/c1-4-15-13(18)16-12(17)9(3)19-10-5-6-11(14)8(2)7-10/h5-7,9H,4,14H2,1-3H3,(H2,15,16,17,18). The summed E-state index contributed by atoms with van der Waals surface area (Å²) in [6.07, 6.45) is 0.